The molecule has 1 saturated heterocycles. The molecule has 1 spiro atoms. The number of allylic oxidation sites excluding steroid dienone is 4. The summed E-state index contributed by atoms with van der Waals surface area (Å²) >= 11 is 0. The molecule has 4 rings (SSSR count). The van der Waals surface area contributed by atoms with Crippen LogP contribution in [0.1, 0.15) is 12.0 Å². The molecule has 20 heavy (non-hydrogen) atoms. The molecule has 100 valence electrons. The molecule has 2 heterocycles. The lowest BCUT2D eigenvalue weighted by atomic mass is 9.78. The lowest BCUT2D eigenvalue weighted by Gasteiger charge is -2.45. The molecule has 4 nitrogen and oxygen atoms in total. The van der Waals surface area contributed by atoms with E-state index in [9.17, 15) is 4.79 Å². The summed E-state index contributed by atoms with van der Waals surface area (Å²) in [6.07, 6.45) is 8.65. The van der Waals surface area contributed by atoms with Crippen LogP contribution in [0.4, 0.5) is 5.69 Å². The number of likely N-dealkylation sites (N-methyl/N-ethyl adjacent to an activating group) is 1. The number of carbonyl (C=O) groups is 1. The number of hydrogen-bond acceptors (Lipinski definition) is 4. The van der Waals surface area contributed by atoms with E-state index in [2.05, 4.69) is 9.79 Å². The molecule has 0 saturated carbocycles. The highest BCUT2D eigenvalue weighted by Crippen LogP contribution is 2.52. The smallest absolute Gasteiger partial charge is 0.344 e. The standard InChI is InChI=1S/C16H13NO3/c1-17-13-9-4-2-3-7-11(13)16(15(18)19-20-16)12-8-5-6-10-14(12)17/h2-6,8-10H,7H2,1H3. The van der Waals surface area contributed by atoms with Crippen molar-refractivity contribution in [3.05, 3.63) is 65.4 Å². The fraction of sp³-hybridized carbons (Fsp3) is 0.188. The van der Waals surface area contributed by atoms with E-state index in [0.29, 0.717) is 6.42 Å². The fourth-order valence-corrected chi connectivity index (χ4v) is 3.10. The van der Waals surface area contributed by atoms with Gasteiger partial charge in [0.15, 0.2) is 0 Å². The van der Waals surface area contributed by atoms with Crippen LogP contribution in [0.5, 0.6) is 0 Å². The van der Waals surface area contributed by atoms with Crippen molar-refractivity contribution in [3.63, 3.8) is 0 Å². The normalized spacial score (nSPS) is 26.9. The summed E-state index contributed by atoms with van der Waals surface area (Å²) in [4.78, 5) is 24.3. The Labute approximate surface area is 116 Å². The minimum atomic E-state index is -1.07. The number of carbonyl (C=O) groups excluding carboxylic acids is 1. The third kappa shape index (κ3) is 1.22. The van der Waals surface area contributed by atoms with Gasteiger partial charge in [0, 0.05) is 29.6 Å². The third-order valence-electron chi connectivity index (χ3n) is 4.09. The second-order valence-electron chi connectivity index (χ2n) is 5.07. The summed E-state index contributed by atoms with van der Waals surface area (Å²) in [5.74, 6) is -0.339. The van der Waals surface area contributed by atoms with Crippen LogP contribution in [-0.4, -0.2) is 13.0 Å². The van der Waals surface area contributed by atoms with Crippen LogP contribution < -0.4 is 4.90 Å². The van der Waals surface area contributed by atoms with E-state index in [4.69, 9.17) is 4.89 Å². The van der Waals surface area contributed by atoms with Crippen LogP contribution in [-0.2, 0) is 20.2 Å². The molecule has 1 aromatic rings. The number of rotatable bonds is 0. The first-order valence-electron chi connectivity index (χ1n) is 6.55. The number of para-hydroxylation sites is 1. The van der Waals surface area contributed by atoms with E-state index in [1.165, 1.54) is 0 Å². The first-order chi connectivity index (χ1) is 9.75. The average Bonchev–Trinajstić information content (AvgIpc) is 2.72. The Morgan fingerprint density at radius 2 is 2.10 bits per heavy atom. The minimum absolute atomic E-state index is 0.339. The summed E-state index contributed by atoms with van der Waals surface area (Å²) < 4.78 is 0. The SMILES string of the molecule is CN1C2=C(CC=CC=C2)C2(OOC2=O)c2ccccc21. The Morgan fingerprint density at radius 1 is 1.25 bits per heavy atom. The lowest BCUT2D eigenvalue weighted by Crippen LogP contribution is -2.54. The molecule has 4 heteroatoms. The highest BCUT2D eigenvalue weighted by molar-refractivity contribution is 5.93. The molecule has 1 aliphatic carbocycles. The zero-order valence-corrected chi connectivity index (χ0v) is 11.0. The Kier molecular flexibility index (Phi) is 2.20. The van der Waals surface area contributed by atoms with Crippen molar-refractivity contribution in [2.45, 2.75) is 12.0 Å². The van der Waals surface area contributed by atoms with Gasteiger partial charge >= 0.3 is 5.97 Å². The molecule has 1 fully saturated rings. The van der Waals surface area contributed by atoms with E-state index in [0.717, 1.165) is 22.5 Å². The van der Waals surface area contributed by atoms with Crippen LogP contribution in [0.15, 0.2) is 59.8 Å². The van der Waals surface area contributed by atoms with Gasteiger partial charge in [-0.1, -0.05) is 36.4 Å². The van der Waals surface area contributed by atoms with Crippen LogP contribution in [0.25, 0.3) is 0 Å². The molecule has 1 unspecified atom stereocenters. The van der Waals surface area contributed by atoms with Crippen LogP contribution in [0.3, 0.4) is 0 Å². The molecule has 2 aliphatic heterocycles. The maximum atomic E-state index is 12.2. The Bertz CT molecular complexity index is 701. The topological polar surface area (TPSA) is 38.8 Å². The van der Waals surface area contributed by atoms with Crippen molar-refractivity contribution in [1.29, 1.82) is 0 Å². The van der Waals surface area contributed by atoms with Crippen molar-refractivity contribution in [1.82, 2.24) is 0 Å². The highest BCUT2D eigenvalue weighted by atomic mass is 17.3. The number of anilines is 1. The summed E-state index contributed by atoms with van der Waals surface area (Å²) in [5.41, 5.74) is 2.67. The Morgan fingerprint density at radius 3 is 2.85 bits per heavy atom. The number of benzene rings is 1. The zero-order chi connectivity index (χ0) is 13.7. The number of nitrogens with zero attached hydrogens (tertiary/aromatic N) is 1. The minimum Gasteiger partial charge on any atom is -0.344 e. The predicted octanol–water partition coefficient (Wildman–Crippen LogP) is 2.59. The van der Waals surface area contributed by atoms with Crippen molar-refractivity contribution in [2.24, 2.45) is 0 Å². The number of fused-ring (bicyclic) bond motifs is 3. The largest absolute Gasteiger partial charge is 0.387 e. The predicted molar refractivity (Wildman–Crippen MR) is 73.6 cm³/mol. The Balaban J connectivity index is 2.03. The summed E-state index contributed by atoms with van der Waals surface area (Å²) in [5, 5.41) is 0. The molecular weight excluding hydrogens is 254 g/mol. The summed E-state index contributed by atoms with van der Waals surface area (Å²) in [7, 11) is 2.00. The van der Waals surface area contributed by atoms with Gasteiger partial charge in [-0.05, 0) is 18.6 Å². The van der Waals surface area contributed by atoms with Gasteiger partial charge in [-0.25, -0.2) is 4.79 Å². The molecule has 0 bridgehead atoms. The quantitative estimate of drug-likeness (QED) is 0.677. The van der Waals surface area contributed by atoms with Crippen LogP contribution in [0.2, 0.25) is 0 Å². The monoisotopic (exact) mass is 267 g/mol. The first-order valence-corrected chi connectivity index (χ1v) is 6.55. The molecule has 3 aliphatic rings. The van der Waals surface area contributed by atoms with Crippen molar-refractivity contribution in [2.75, 3.05) is 11.9 Å². The fourth-order valence-electron chi connectivity index (χ4n) is 3.10. The summed E-state index contributed by atoms with van der Waals surface area (Å²) in [6, 6.07) is 7.78. The molecular formula is C16H13NO3. The molecule has 0 radical (unpaired) electrons. The van der Waals surface area contributed by atoms with Gasteiger partial charge in [-0.2, -0.15) is 4.89 Å². The second-order valence-corrected chi connectivity index (χ2v) is 5.07. The molecule has 0 N–H and O–H groups in total. The van der Waals surface area contributed by atoms with Gasteiger partial charge in [0.05, 0.1) is 0 Å². The van der Waals surface area contributed by atoms with E-state index in [-0.39, 0.29) is 5.97 Å². The maximum Gasteiger partial charge on any atom is 0.387 e. The van der Waals surface area contributed by atoms with Gasteiger partial charge in [-0.15, -0.1) is 0 Å². The maximum absolute atomic E-state index is 12.2. The second kappa shape index (κ2) is 3.84. The van der Waals surface area contributed by atoms with Crippen molar-refractivity contribution >= 4 is 11.7 Å². The van der Waals surface area contributed by atoms with Crippen molar-refractivity contribution in [3.8, 4) is 0 Å². The lowest BCUT2D eigenvalue weighted by molar-refractivity contribution is -0.397. The van der Waals surface area contributed by atoms with Gasteiger partial charge in [0.1, 0.15) is 0 Å². The van der Waals surface area contributed by atoms with E-state index in [1.54, 1.807) is 0 Å². The molecule has 1 atom stereocenters. The van der Waals surface area contributed by atoms with Gasteiger partial charge in [-0.3, -0.25) is 4.89 Å². The van der Waals surface area contributed by atoms with Gasteiger partial charge in [0.2, 0.25) is 0 Å². The zero-order valence-electron chi connectivity index (χ0n) is 11.0. The highest BCUT2D eigenvalue weighted by Gasteiger charge is 2.60. The first kappa shape index (κ1) is 11.5. The van der Waals surface area contributed by atoms with E-state index in [1.807, 2.05) is 55.6 Å². The number of hydrogen-bond donors (Lipinski definition) is 0. The Hall–Kier alpha value is -2.33. The molecule has 0 aromatic heterocycles. The van der Waals surface area contributed by atoms with Crippen LogP contribution >= 0.6 is 0 Å². The van der Waals surface area contributed by atoms with E-state index >= 15 is 0 Å². The van der Waals surface area contributed by atoms with Gasteiger partial charge in [0.25, 0.3) is 5.60 Å². The summed E-state index contributed by atoms with van der Waals surface area (Å²) in [6.45, 7) is 0. The van der Waals surface area contributed by atoms with Crippen molar-refractivity contribution < 1.29 is 14.6 Å². The average molecular weight is 267 g/mol. The molecule has 1 aromatic carbocycles. The third-order valence-corrected chi connectivity index (χ3v) is 4.09. The molecule has 0 amide bonds. The van der Waals surface area contributed by atoms with E-state index < -0.39 is 5.60 Å². The van der Waals surface area contributed by atoms with Gasteiger partial charge < -0.3 is 4.90 Å². The van der Waals surface area contributed by atoms with Crippen LogP contribution in [0, 0.1) is 0 Å².